The van der Waals surface area contributed by atoms with Gasteiger partial charge in [-0.15, -0.1) is 0 Å². The molecule has 0 aliphatic rings. The lowest BCUT2D eigenvalue weighted by atomic mass is 10.3. The van der Waals surface area contributed by atoms with E-state index in [4.69, 9.17) is 15.2 Å². The molecule has 1 heterocycles. The average Bonchev–Trinajstić information content (AvgIpc) is 2.46. The summed E-state index contributed by atoms with van der Waals surface area (Å²) in [6.07, 6.45) is 1.70. The topological polar surface area (TPSA) is 69.4 Å². The third-order valence-corrected chi connectivity index (χ3v) is 2.52. The first-order valence-electron chi connectivity index (χ1n) is 6.00. The van der Waals surface area contributed by atoms with Crippen molar-refractivity contribution < 1.29 is 9.47 Å². The zero-order chi connectivity index (χ0) is 13.5. The Bertz CT molecular complexity index is 514. The van der Waals surface area contributed by atoms with Gasteiger partial charge in [-0.25, -0.2) is 4.98 Å². The third kappa shape index (κ3) is 4.06. The number of pyridine rings is 1. The van der Waals surface area contributed by atoms with Crippen LogP contribution >= 0.6 is 0 Å². The van der Waals surface area contributed by atoms with Crippen LogP contribution in [0.3, 0.4) is 0 Å². The Morgan fingerprint density at radius 3 is 2.74 bits per heavy atom. The number of benzene rings is 1. The second kappa shape index (κ2) is 6.49. The first kappa shape index (κ1) is 13.0. The summed E-state index contributed by atoms with van der Waals surface area (Å²) < 4.78 is 10.6. The fourth-order valence-electron chi connectivity index (χ4n) is 1.56. The number of methoxy groups -OCH3 is 1. The Labute approximate surface area is 112 Å². The molecule has 19 heavy (non-hydrogen) atoms. The van der Waals surface area contributed by atoms with E-state index in [-0.39, 0.29) is 0 Å². The fraction of sp³-hybridized carbons (Fsp3) is 0.214. The summed E-state index contributed by atoms with van der Waals surface area (Å²) in [5.74, 6) is 1.40. The molecule has 3 N–H and O–H groups in total. The fourth-order valence-corrected chi connectivity index (χ4v) is 1.56. The van der Waals surface area contributed by atoms with Gasteiger partial charge in [-0.3, -0.25) is 0 Å². The number of nitrogen functional groups attached to an aromatic ring is 1. The summed E-state index contributed by atoms with van der Waals surface area (Å²) in [5.41, 5.74) is 7.28. The lowest BCUT2D eigenvalue weighted by Gasteiger charge is -2.09. The third-order valence-electron chi connectivity index (χ3n) is 2.52. The molecule has 0 aliphatic carbocycles. The number of aromatic nitrogens is 1. The maximum Gasteiger partial charge on any atom is 0.214 e. The maximum absolute atomic E-state index is 5.60. The first-order valence-corrected chi connectivity index (χ1v) is 6.00. The molecular weight excluding hydrogens is 242 g/mol. The molecule has 100 valence electrons. The van der Waals surface area contributed by atoms with E-state index >= 15 is 0 Å². The highest BCUT2D eigenvalue weighted by molar-refractivity contribution is 5.45. The second-order valence-corrected chi connectivity index (χ2v) is 3.93. The summed E-state index contributed by atoms with van der Waals surface area (Å²) in [6, 6.07) is 11.1. The van der Waals surface area contributed by atoms with Crippen LogP contribution in [0.1, 0.15) is 0 Å². The van der Waals surface area contributed by atoms with E-state index in [1.54, 1.807) is 13.3 Å². The molecule has 0 radical (unpaired) electrons. The van der Waals surface area contributed by atoms with Gasteiger partial charge in [0.1, 0.15) is 12.4 Å². The summed E-state index contributed by atoms with van der Waals surface area (Å²) in [5, 5.41) is 3.23. The van der Waals surface area contributed by atoms with E-state index in [1.165, 1.54) is 0 Å². The first-order chi connectivity index (χ1) is 9.28. The molecule has 5 nitrogen and oxygen atoms in total. The number of nitrogens with zero attached hydrogens (tertiary/aromatic N) is 1. The minimum Gasteiger partial charge on any atom is -0.492 e. The molecule has 0 fully saturated rings. The van der Waals surface area contributed by atoms with Gasteiger partial charge in [0.2, 0.25) is 5.88 Å². The molecule has 0 atom stereocenters. The lowest BCUT2D eigenvalue weighted by Crippen LogP contribution is -2.11. The van der Waals surface area contributed by atoms with Gasteiger partial charge in [-0.05, 0) is 30.3 Å². The summed E-state index contributed by atoms with van der Waals surface area (Å²) in [7, 11) is 1.59. The van der Waals surface area contributed by atoms with E-state index in [0.29, 0.717) is 19.0 Å². The van der Waals surface area contributed by atoms with Gasteiger partial charge in [-0.2, -0.15) is 0 Å². The molecule has 0 aliphatic heterocycles. The smallest absolute Gasteiger partial charge is 0.214 e. The summed E-state index contributed by atoms with van der Waals surface area (Å²) >= 11 is 0. The largest absolute Gasteiger partial charge is 0.492 e. The van der Waals surface area contributed by atoms with E-state index in [1.807, 2.05) is 36.4 Å². The Balaban J connectivity index is 1.75. The zero-order valence-corrected chi connectivity index (χ0v) is 10.8. The summed E-state index contributed by atoms with van der Waals surface area (Å²) in [6.45, 7) is 1.26. The van der Waals surface area contributed by atoms with E-state index in [9.17, 15) is 0 Å². The number of anilines is 2. The van der Waals surface area contributed by atoms with Crippen LogP contribution in [-0.4, -0.2) is 25.2 Å². The number of nitrogens with two attached hydrogens (primary N) is 1. The number of rotatable bonds is 6. The van der Waals surface area contributed by atoms with Gasteiger partial charge < -0.3 is 20.5 Å². The van der Waals surface area contributed by atoms with Crippen LogP contribution in [0.25, 0.3) is 0 Å². The van der Waals surface area contributed by atoms with Crippen LogP contribution in [0, 0.1) is 0 Å². The van der Waals surface area contributed by atoms with Crippen molar-refractivity contribution in [1.29, 1.82) is 0 Å². The van der Waals surface area contributed by atoms with Crippen LogP contribution in [0.15, 0.2) is 42.6 Å². The van der Waals surface area contributed by atoms with E-state index in [0.717, 1.165) is 17.1 Å². The number of hydrogen-bond acceptors (Lipinski definition) is 5. The molecule has 1 aromatic carbocycles. The molecule has 2 aromatic rings. The van der Waals surface area contributed by atoms with Crippen molar-refractivity contribution in [2.45, 2.75) is 0 Å². The predicted octanol–water partition coefficient (Wildman–Crippen LogP) is 2.16. The van der Waals surface area contributed by atoms with Crippen LogP contribution in [0.5, 0.6) is 11.6 Å². The van der Waals surface area contributed by atoms with Gasteiger partial charge in [-0.1, -0.05) is 0 Å². The Morgan fingerprint density at radius 2 is 2.00 bits per heavy atom. The molecule has 0 saturated heterocycles. The average molecular weight is 259 g/mol. The highest BCUT2D eigenvalue weighted by Crippen LogP contribution is 2.14. The molecule has 0 saturated carbocycles. The number of ether oxygens (including phenoxy) is 2. The van der Waals surface area contributed by atoms with Crippen molar-refractivity contribution in [3.05, 3.63) is 42.6 Å². The Hall–Kier alpha value is -2.43. The lowest BCUT2D eigenvalue weighted by molar-refractivity contribution is 0.333. The van der Waals surface area contributed by atoms with Gasteiger partial charge in [0, 0.05) is 30.2 Å². The van der Waals surface area contributed by atoms with Crippen molar-refractivity contribution in [2.24, 2.45) is 0 Å². The van der Waals surface area contributed by atoms with Crippen molar-refractivity contribution in [3.8, 4) is 11.6 Å². The van der Waals surface area contributed by atoms with E-state index in [2.05, 4.69) is 10.3 Å². The minimum atomic E-state index is 0.564. The normalized spacial score (nSPS) is 9.95. The van der Waals surface area contributed by atoms with Gasteiger partial charge in [0.05, 0.1) is 7.11 Å². The molecule has 1 aromatic heterocycles. The highest BCUT2D eigenvalue weighted by atomic mass is 16.5. The quantitative estimate of drug-likeness (QED) is 0.614. The zero-order valence-electron chi connectivity index (χ0n) is 10.8. The van der Waals surface area contributed by atoms with Crippen LogP contribution in [0.4, 0.5) is 11.4 Å². The standard InChI is InChI=1S/C14H17N3O2/c1-18-14-10-12(6-7-17-14)16-8-9-19-13-4-2-11(15)3-5-13/h2-7,10H,8-9,15H2,1H3,(H,16,17). The molecule has 0 amide bonds. The molecular formula is C14H17N3O2. The number of hydrogen-bond donors (Lipinski definition) is 2. The van der Waals surface area contributed by atoms with Crippen molar-refractivity contribution in [1.82, 2.24) is 4.98 Å². The van der Waals surface area contributed by atoms with Crippen molar-refractivity contribution in [2.75, 3.05) is 31.3 Å². The van der Waals surface area contributed by atoms with Crippen LogP contribution < -0.4 is 20.5 Å². The van der Waals surface area contributed by atoms with Gasteiger partial charge >= 0.3 is 0 Å². The predicted molar refractivity (Wildman–Crippen MR) is 75.6 cm³/mol. The van der Waals surface area contributed by atoms with Crippen molar-refractivity contribution >= 4 is 11.4 Å². The monoisotopic (exact) mass is 259 g/mol. The molecule has 2 rings (SSSR count). The van der Waals surface area contributed by atoms with Gasteiger partial charge in [0.15, 0.2) is 0 Å². The van der Waals surface area contributed by atoms with Crippen LogP contribution in [-0.2, 0) is 0 Å². The molecule has 0 bridgehead atoms. The van der Waals surface area contributed by atoms with Crippen molar-refractivity contribution in [3.63, 3.8) is 0 Å². The molecule has 0 spiro atoms. The van der Waals surface area contributed by atoms with E-state index < -0.39 is 0 Å². The number of nitrogens with one attached hydrogen (secondary N) is 1. The molecule has 0 unspecified atom stereocenters. The second-order valence-electron chi connectivity index (χ2n) is 3.93. The highest BCUT2D eigenvalue weighted by Gasteiger charge is 1.97. The molecule has 5 heteroatoms. The summed E-state index contributed by atoms with van der Waals surface area (Å²) in [4.78, 5) is 4.04. The van der Waals surface area contributed by atoms with Crippen LogP contribution in [0.2, 0.25) is 0 Å². The Morgan fingerprint density at radius 1 is 1.21 bits per heavy atom. The SMILES string of the molecule is COc1cc(NCCOc2ccc(N)cc2)ccn1. The minimum absolute atomic E-state index is 0.564. The maximum atomic E-state index is 5.60. The Kier molecular flexibility index (Phi) is 4.44. The van der Waals surface area contributed by atoms with Gasteiger partial charge in [0.25, 0.3) is 0 Å².